The molecule has 0 aliphatic heterocycles. The molecule has 5 heteroatoms. The summed E-state index contributed by atoms with van der Waals surface area (Å²) in [4.78, 5) is 8.30. The van der Waals surface area contributed by atoms with E-state index in [1.54, 1.807) is 25.0 Å². The van der Waals surface area contributed by atoms with E-state index in [1.807, 2.05) is 13.0 Å². The van der Waals surface area contributed by atoms with Crippen LogP contribution in [0, 0.1) is 0 Å². The molecule has 1 heterocycles. The van der Waals surface area contributed by atoms with Gasteiger partial charge in [-0.3, -0.25) is 0 Å². The number of rotatable bonds is 6. The van der Waals surface area contributed by atoms with Crippen molar-refractivity contribution in [2.45, 2.75) is 43.6 Å². The van der Waals surface area contributed by atoms with Crippen molar-refractivity contribution in [3.05, 3.63) is 12.4 Å². The lowest BCUT2D eigenvalue weighted by molar-refractivity contribution is 0.196. The largest absolute Gasteiger partial charge is 0.392 e. The van der Waals surface area contributed by atoms with E-state index in [0.717, 1.165) is 23.8 Å². The molecule has 90 valence electrons. The lowest BCUT2D eigenvalue weighted by Crippen LogP contribution is -2.15. The maximum absolute atomic E-state index is 9.41. The first kappa shape index (κ1) is 13.3. The molecule has 16 heavy (non-hydrogen) atoms. The van der Waals surface area contributed by atoms with Crippen molar-refractivity contribution >= 4 is 17.6 Å². The van der Waals surface area contributed by atoms with E-state index in [9.17, 15) is 5.11 Å². The normalized spacial score (nSPS) is 14.5. The van der Waals surface area contributed by atoms with Gasteiger partial charge in [0.2, 0.25) is 0 Å². The number of thioether (sulfide) groups is 1. The minimum atomic E-state index is -0.341. The van der Waals surface area contributed by atoms with Crippen LogP contribution in [0.2, 0.25) is 0 Å². The first-order valence-electron chi connectivity index (χ1n) is 5.54. The Morgan fingerprint density at radius 3 is 2.81 bits per heavy atom. The topological polar surface area (TPSA) is 58.0 Å². The Labute approximate surface area is 101 Å². The van der Waals surface area contributed by atoms with Gasteiger partial charge in [0.25, 0.3) is 0 Å². The van der Waals surface area contributed by atoms with Crippen molar-refractivity contribution in [2.24, 2.45) is 0 Å². The van der Waals surface area contributed by atoms with E-state index >= 15 is 0 Å². The molecule has 0 saturated carbocycles. The summed E-state index contributed by atoms with van der Waals surface area (Å²) in [6.07, 6.45) is 2.28. The molecule has 4 nitrogen and oxygen atoms in total. The summed E-state index contributed by atoms with van der Waals surface area (Å²) in [6.45, 7) is 6.79. The second kappa shape index (κ2) is 6.70. The third-order valence-electron chi connectivity index (χ3n) is 2.18. The highest BCUT2D eigenvalue weighted by molar-refractivity contribution is 7.99. The summed E-state index contributed by atoms with van der Waals surface area (Å²) in [5, 5.41) is 13.6. The average molecular weight is 241 g/mol. The standard InChI is InChI=1S/C11H19N3OS/c1-4-5-12-10-6-11(14-7-13-10)16-9(3)8(2)15/h6-9,15H,4-5H2,1-3H3,(H,12,13,14). The number of aliphatic hydroxyl groups is 1. The predicted molar refractivity (Wildman–Crippen MR) is 67.8 cm³/mol. The number of hydrogen-bond acceptors (Lipinski definition) is 5. The Bertz CT molecular complexity index is 320. The molecule has 0 saturated heterocycles. The second-order valence-corrected chi connectivity index (χ2v) is 5.13. The maximum atomic E-state index is 9.41. The third kappa shape index (κ3) is 4.37. The molecule has 0 amide bonds. The first-order valence-corrected chi connectivity index (χ1v) is 6.42. The van der Waals surface area contributed by atoms with Crippen molar-refractivity contribution in [1.29, 1.82) is 0 Å². The third-order valence-corrected chi connectivity index (χ3v) is 3.41. The highest BCUT2D eigenvalue weighted by atomic mass is 32.2. The van der Waals surface area contributed by atoms with Crippen LogP contribution in [0.5, 0.6) is 0 Å². The van der Waals surface area contributed by atoms with Gasteiger partial charge < -0.3 is 10.4 Å². The summed E-state index contributed by atoms with van der Waals surface area (Å²) in [5.41, 5.74) is 0. The van der Waals surface area contributed by atoms with Crippen LogP contribution in [0.15, 0.2) is 17.4 Å². The molecule has 2 N–H and O–H groups in total. The van der Waals surface area contributed by atoms with Gasteiger partial charge in [-0.05, 0) is 13.3 Å². The summed E-state index contributed by atoms with van der Waals surface area (Å²) >= 11 is 1.56. The van der Waals surface area contributed by atoms with Crippen molar-refractivity contribution in [2.75, 3.05) is 11.9 Å². The summed E-state index contributed by atoms with van der Waals surface area (Å²) in [5.74, 6) is 0.845. The van der Waals surface area contributed by atoms with Crippen LogP contribution < -0.4 is 5.32 Å². The van der Waals surface area contributed by atoms with Crippen molar-refractivity contribution < 1.29 is 5.11 Å². The van der Waals surface area contributed by atoms with E-state index in [2.05, 4.69) is 22.2 Å². The van der Waals surface area contributed by atoms with Crippen LogP contribution in [-0.4, -0.2) is 33.0 Å². The Kier molecular flexibility index (Phi) is 5.55. The van der Waals surface area contributed by atoms with Gasteiger partial charge in [-0.2, -0.15) is 0 Å². The van der Waals surface area contributed by atoms with E-state index in [1.165, 1.54) is 0 Å². The molecule has 2 atom stereocenters. The van der Waals surface area contributed by atoms with Gasteiger partial charge in [0.15, 0.2) is 0 Å². The lowest BCUT2D eigenvalue weighted by atomic mass is 10.3. The van der Waals surface area contributed by atoms with Crippen LogP contribution in [-0.2, 0) is 0 Å². The van der Waals surface area contributed by atoms with Crippen LogP contribution in [0.4, 0.5) is 5.82 Å². The second-order valence-electron chi connectivity index (χ2n) is 3.73. The van der Waals surface area contributed by atoms with Crippen molar-refractivity contribution in [3.63, 3.8) is 0 Å². The summed E-state index contributed by atoms with van der Waals surface area (Å²) in [6, 6.07) is 1.92. The van der Waals surface area contributed by atoms with Crippen LogP contribution in [0.1, 0.15) is 27.2 Å². The Morgan fingerprint density at radius 1 is 1.44 bits per heavy atom. The number of nitrogens with zero attached hydrogens (tertiary/aromatic N) is 2. The number of nitrogens with one attached hydrogen (secondary N) is 1. The van der Waals surface area contributed by atoms with E-state index in [-0.39, 0.29) is 11.4 Å². The zero-order valence-electron chi connectivity index (χ0n) is 9.97. The van der Waals surface area contributed by atoms with Crippen LogP contribution in [0.25, 0.3) is 0 Å². The Morgan fingerprint density at radius 2 is 2.19 bits per heavy atom. The van der Waals surface area contributed by atoms with Gasteiger partial charge >= 0.3 is 0 Å². The van der Waals surface area contributed by atoms with Crippen molar-refractivity contribution in [1.82, 2.24) is 9.97 Å². The molecule has 0 aromatic carbocycles. The van der Waals surface area contributed by atoms with E-state index in [0.29, 0.717) is 0 Å². The number of aromatic nitrogens is 2. The maximum Gasteiger partial charge on any atom is 0.130 e. The molecule has 0 aliphatic carbocycles. The van der Waals surface area contributed by atoms with Gasteiger partial charge in [-0.25, -0.2) is 9.97 Å². The van der Waals surface area contributed by atoms with E-state index < -0.39 is 0 Å². The molecule has 1 rings (SSSR count). The Hall–Kier alpha value is -0.810. The first-order chi connectivity index (χ1) is 7.63. The quantitative estimate of drug-likeness (QED) is 0.590. The molecule has 0 radical (unpaired) electrons. The predicted octanol–water partition coefficient (Wildman–Crippen LogP) is 2.16. The molecule has 0 fully saturated rings. The Balaban J connectivity index is 2.59. The van der Waals surface area contributed by atoms with Crippen LogP contribution >= 0.6 is 11.8 Å². The lowest BCUT2D eigenvalue weighted by Gasteiger charge is -2.13. The number of anilines is 1. The SMILES string of the molecule is CCCNc1cc(SC(C)C(C)O)ncn1. The monoisotopic (exact) mass is 241 g/mol. The molecule has 1 aromatic heterocycles. The molecule has 2 unspecified atom stereocenters. The number of aliphatic hydroxyl groups excluding tert-OH is 1. The van der Waals surface area contributed by atoms with Gasteiger partial charge in [-0.15, -0.1) is 11.8 Å². The molecule has 0 spiro atoms. The van der Waals surface area contributed by atoms with Gasteiger partial charge in [0.1, 0.15) is 17.2 Å². The minimum Gasteiger partial charge on any atom is -0.392 e. The number of hydrogen-bond donors (Lipinski definition) is 2. The smallest absolute Gasteiger partial charge is 0.130 e. The zero-order valence-corrected chi connectivity index (χ0v) is 10.8. The van der Waals surface area contributed by atoms with Gasteiger partial charge in [-0.1, -0.05) is 13.8 Å². The summed E-state index contributed by atoms with van der Waals surface area (Å²) in [7, 11) is 0. The molecular weight excluding hydrogens is 222 g/mol. The highest BCUT2D eigenvalue weighted by Crippen LogP contribution is 2.24. The van der Waals surface area contributed by atoms with E-state index in [4.69, 9.17) is 0 Å². The average Bonchev–Trinajstić information content (AvgIpc) is 2.26. The van der Waals surface area contributed by atoms with Gasteiger partial charge in [0.05, 0.1) is 6.10 Å². The molecule has 1 aromatic rings. The van der Waals surface area contributed by atoms with Gasteiger partial charge in [0, 0.05) is 17.9 Å². The molecular formula is C11H19N3OS. The highest BCUT2D eigenvalue weighted by Gasteiger charge is 2.11. The molecule has 0 aliphatic rings. The fourth-order valence-electron chi connectivity index (χ4n) is 1.04. The molecule has 0 bridgehead atoms. The fraction of sp³-hybridized carbons (Fsp3) is 0.636. The zero-order chi connectivity index (χ0) is 12.0. The fourth-order valence-corrected chi connectivity index (χ4v) is 1.91. The van der Waals surface area contributed by atoms with Crippen LogP contribution in [0.3, 0.4) is 0 Å². The minimum absolute atomic E-state index is 0.133. The summed E-state index contributed by atoms with van der Waals surface area (Å²) < 4.78 is 0. The van der Waals surface area contributed by atoms with Crippen molar-refractivity contribution in [3.8, 4) is 0 Å².